The van der Waals surface area contributed by atoms with Crippen LogP contribution in [-0.2, 0) is 0 Å². The summed E-state index contributed by atoms with van der Waals surface area (Å²) < 4.78 is 36.1. The van der Waals surface area contributed by atoms with Crippen LogP contribution in [0.15, 0.2) is 0 Å². The second kappa shape index (κ2) is 6.48. The lowest BCUT2D eigenvalue weighted by molar-refractivity contribution is -0.141. The summed E-state index contributed by atoms with van der Waals surface area (Å²) in [6, 6.07) is 0. The highest BCUT2D eigenvalue weighted by Gasteiger charge is 2.30. The third kappa shape index (κ3) is 5.73. The number of aliphatic hydroxyl groups is 1. The summed E-state index contributed by atoms with van der Waals surface area (Å²) in [5, 5.41) is 9.75. The predicted octanol–water partition coefficient (Wildman–Crippen LogP) is 4.05. The number of aliphatic hydroxyl groups excluding tert-OH is 1. The van der Waals surface area contributed by atoms with Crippen LogP contribution in [0, 0.1) is 5.92 Å². The summed E-state index contributed by atoms with van der Waals surface area (Å²) in [4.78, 5) is 0. The highest BCUT2D eigenvalue weighted by atomic mass is 19.4. The fraction of sp³-hybridized carbons (Fsp3) is 1.00. The maximum absolute atomic E-state index is 12.0. The summed E-state index contributed by atoms with van der Waals surface area (Å²) in [7, 11) is 0. The molecule has 1 N–H and O–H groups in total. The van der Waals surface area contributed by atoms with Crippen LogP contribution in [0.1, 0.15) is 57.8 Å². The molecule has 1 atom stereocenters. The van der Waals surface area contributed by atoms with Gasteiger partial charge in [0.1, 0.15) is 0 Å². The van der Waals surface area contributed by atoms with Crippen molar-refractivity contribution in [2.75, 3.05) is 0 Å². The van der Waals surface area contributed by atoms with Crippen molar-refractivity contribution in [3.05, 3.63) is 0 Å². The van der Waals surface area contributed by atoms with E-state index in [4.69, 9.17) is 0 Å². The van der Waals surface area contributed by atoms with Gasteiger partial charge in [-0.2, -0.15) is 13.2 Å². The first kappa shape index (κ1) is 13.8. The van der Waals surface area contributed by atoms with Gasteiger partial charge in [-0.05, 0) is 25.2 Å². The first-order valence-electron chi connectivity index (χ1n) is 6.24. The molecule has 16 heavy (non-hydrogen) atoms. The lowest BCUT2D eigenvalue weighted by atomic mass is 9.85. The summed E-state index contributed by atoms with van der Waals surface area (Å²) >= 11 is 0. The Labute approximate surface area is 95.0 Å². The van der Waals surface area contributed by atoms with Gasteiger partial charge in [-0.25, -0.2) is 0 Å². The summed E-state index contributed by atoms with van der Waals surface area (Å²) in [5.41, 5.74) is 0. The van der Waals surface area contributed by atoms with Crippen molar-refractivity contribution < 1.29 is 18.3 Å². The van der Waals surface area contributed by atoms with Gasteiger partial charge >= 0.3 is 6.18 Å². The Morgan fingerprint density at radius 1 is 1.00 bits per heavy atom. The van der Waals surface area contributed by atoms with Crippen LogP contribution in [-0.4, -0.2) is 17.4 Å². The molecule has 0 amide bonds. The summed E-state index contributed by atoms with van der Waals surface area (Å²) in [6.45, 7) is 0. The van der Waals surface area contributed by atoms with Crippen molar-refractivity contribution in [2.24, 2.45) is 5.92 Å². The van der Waals surface area contributed by atoms with Crippen LogP contribution in [0.25, 0.3) is 0 Å². The second-order valence-electron chi connectivity index (χ2n) is 4.83. The SMILES string of the molecule is OC(CCC(F)(F)F)C1CCCCCCC1. The minimum absolute atomic E-state index is 0.0858. The van der Waals surface area contributed by atoms with Gasteiger partial charge in [0, 0.05) is 6.42 Å². The molecule has 0 spiro atoms. The standard InChI is InChI=1S/C12H21F3O/c13-12(14,15)9-8-11(16)10-6-4-2-1-3-5-7-10/h10-11,16H,1-9H2. The number of hydrogen-bond donors (Lipinski definition) is 1. The molecular formula is C12H21F3O. The molecule has 0 saturated heterocycles. The molecule has 4 heteroatoms. The monoisotopic (exact) mass is 238 g/mol. The molecule has 1 nitrogen and oxygen atoms in total. The zero-order valence-corrected chi connectivity index (χ0v) is 9.60. The fourth-order valence-corrected chi connectivity index (χ4v) is 2.42. The molecule has 1 fully saturated rings. The Morgan fingerprint density at radius 3 is 2.00 bits per heavy atom. The van der Waals surface area contributed by atoms with E-state index in [1.807, 2.05) is 0 Å². The van der Waals surface area contributed by atoms with E-state index < -0.39 is 18.7 Å². The molecule has 0 bridgehead atoms. The van der Waals surface area contributed by atoms with E-state index in [1.54, 1.807) is 0 Å². The topological polar surface area (TPSA) is 20.2 Å². The number of alkyl halides is 3. The van der Waals surface area contributed by atoms with Crippen LogP contribution in [0.3, 0.4) is 0 Å². The van der Waals surface area contributed by atoms with Gasteiger partial charge in [-0.15, -0.1) is 0 Å². The van der Waals surface area contributed by atoms with E-state index >= 15 is 0 Å². The average Bonchev–Trinajstić information content (AvgIpc) is 2.12. The van der Waals surface area contributed by atoms with E-state index in [2.05, 4.69) is 0 Å². The Balaban J connectivity index is 2.29. The maximum Gasteiger partial charge on any atom is 0.389 e. The van der Waals surface area contributed by atoms with Crippen molar-refractivity contribution in [3.63, 3.8) is 0 Å². The van der Waals surface area contributed by atoms with Crippen molar-refractivity contribution in [1.29, 1.82) is 0 Å². The van der Waals surface area contributed by atoms with E-state index in [-0.39, 0.29) is 12.3 Å². The van der Waals surface area contributed by atoms with Crippen LogP contribution in [0.5, 0.6) is 0 Å². The quantitative estimate of drug-likeness (QED) is 0.786. The first-order chi connectivity index (χ1) is 7.49. The largest absolute Gasteiger partial charge is 0.393 e. The molecule has 0 aliphatic heterocycles. The zero-order valence-electron chi connectivity index (χ0n) is 9.60. The summed E-state index contributed by atoms with van der Waals surface area (Å²) in [5.74, 6) is 0.0858. The van der Waals surface area contributed by atoms with Crippen LogP contribution < -0.4 is 0 Å². The van der Waals surface area contributed by atoms with Crippen molar-refractivity contribution in [2.45, 2.75) is 70.1 Å². The van der Waals surface area contributed by atoms with Crippen LogP contribution in [0.2, 0.25) is 0 Å². The summed E-state index contributed by atoms with van der Waals surface area (Å²) in [6.07, 6.45) is 1.52. The zero-order chi connectivity index (χ0) is 12.0. The Morgan fingerprint density at radius 2 is 1.50 bits per heavy atom. The average molecular weight is 238 g/mol. The van der Waals surface area contributed by atoms with E-state index in [0.717, 1.165) is 38.5 Å². The molecule has 1 aliphatic rings. The lowest BCUT2D eigenvalue weighted by Crippen LogP contribution is -2.23. The van der Waals surface area contributed by atoms with Crippen LogP contribution >= 0.6 is 0 Å². The normalized spacial score (nSPS) is 22.5. The highest BCUT2D eigenvalue weighted by molar-refractivity contribution is 4.72. The van der Waals surface area contributed by atoms with Gasteiger partial charge in [0.2, 0.25) is 0 Å². The van der Waals surface area contributed by atoms with Gasteiger partial charge in [-0.3, -0.25) is 0 Å². The molecular weight excluding hydrogens is 217 g/mol. The van der Waals surface area contributed by atoms with Gasteiger partial charge in [0.05, 0.1) is 6.10 Å². The van der Waals surface area contributed by atoms with Gasteiger partial charge in [0.15, 0.2) is 0 Å². The molecule has 1 aliphatic carbocycles. The highest BCUT2D eigenvalue weighted by Crippen LogP contribution is 2.29. The van der Waals surface area contributed by atoms with Crippen molar-refractivity contribution in [3.8, 4) is 0 Å². The minimum Gasteiger partial charge on any atom is -0.393 e. The maximum atomic E-state index is 12.0. The Kier molecular flexibility index (Phi) is 5.59. The molecule has 0 aromatic heterocycles. The van der Waals surface area contributed by atoms with Crippen molar-refractivity contribution in [1.82, 2.24) is 0 Å². The smallest absolute Gasteiger partial charge is 0.389 e. The van der Waals surface area contributed by atoms with Gasteiger partial charge in [0.25, 0.3) is 0 Å². The van der Waals surface area contributed by atoms with Gasteiger partial charge < -0.3 is 5.11 Å². The Hall–Kier alpha value is -0.250. The lowest BCUT2D eigenvalue weighted by Gasteiger charge is -2.25. The van der Waals surface area contributed by atoms with E-state index in [9.17, 15) is 18.3 Å². The predicted molar refractivity (Wildman–Crippen MR) is 57.1 cm³/mol. The Bertz CT molecular complexity index is 183. The first-order valence-corrected chi connectivity index (χ1v) is 6.24. The molecule has 0 radical (unpaired) electrons. The van der Waals surface area contributed by atoms with Crippen molar-refractivity contribution >= 4 is 0 Å². The molecule has 0 aromatic carbocycles. The molecule has 1 unspecified atom stereocenters. The van der Waals surface area contributed by atoms with Gasteiger partial charge in [-0.1, -0.05) is 32.1 Å². The number of hydrogen-bond acceptors (Lipinski definition) is 1. The minimum atomic E-state index is -4.14. The van der Waals surface area contributed by atoms with E-state index in [1.165, 1.54) is 6.42 Å². The molecule has 0 heterocycles. The van der Waals surface area contributed by atoms with E-state index in [0.29, 0.717) is 0 Å². The number of rotatable bonds is 3. The molecule has 1 saturated carbocycles. The third-order valence-electron chi connectivity index (χ3n) is 3.42. The molecule has 0 aromatic rings. The molecule has 96 valence electrons. The second-order valence-corrected chi connectivity index (χ2v) is 4.83. The third-order valence-corrected chi connectivity index (χ3v) is 3.42. The van der Waals surface area contributed by atoms with Crippen LogP contribution in [0.4, 0.5) is 13.2 Å². The molecule has 1 rings (SSSR count). The number of halogens is 3. The fourth-order valence-electron chi connectivity index (χ4n) is 2.42.